The highest BCUT2D eigenvalue weighted by Crippen LogP contribution is 2.42. The predicted molar refractivity (Wildman–Crippen MR) is 92.7 cm³/mol. The highest BCUT2D eigenvalue weighted by atomic mass is 16.5. The molecule has 0 bridgehead atoms. The van der Waals surface area contributed by atoms with Crippen LogP contribution in [0.3, 0.4) is 0 Å². The molecule has 128 valence electrons. The van der Waals surface area contributed by atoms with Crippen LogP contribution in [0.25, 0.3) is 0 Å². The first-order valence-electron chi connectivity index (χ1n) is 8.10. The standard InChI is InChI=1S/C18H28N2O3/c1-5-6-7-15(20-10-8-19-9-11-20)18-16(22-3)12-14(21-2)13-17(18)23-4/h5,12-13,15,19H,1,6-11H2,2-4H3/t15-/m1/s1. The van der Waals surface area contributed by atoms with E-state index in [9.17, 15) is 0 Å². The SMILES string of the molecule is C=CCC[C@H](c1c(OC)cc(OC)cc1OC)N1CCNCC1. The number of nitrogens with one attached hydrogen (secondary N) is 1. The van der Waals surface area contributed by atoms with Gasteiger partial charge in [-0.1, -0.05) is 6.08 Å². The Bertz CT molecular complexity index is 488. The van der Waals surface area contributed by atoms with Crippen LogP contribution in [-0.4, -0.2) is 52.4 Å². The molecule has 0 amide bonds. The number of hydrogen-bond donors (Lipinski definition) is 1. The maximum atomic E-state index is 5.65. The second kappa shape index (κ2) is 8.79. The highest BCUT2D eigenvalue weighted by Gasteiger charge is 2.28. The summed E-state index contributed by atoms with van der Waals surface area (Å²) in [6.07, 6.45) is 3.91. The van der Waals surface area contributed by atoms with E-state index in [1.165, 1.54) is 0 Å². The maximum absolute atomic E-state index is 5.65. The quantitative estimate of drug-likeness (QED) is 0.746. The van der Waals surface area contributed by atoms with Crippen molar-refractivity contribution in [2.75, 3.05) is 47.5 Å². The van der Waals surface area contributed by atoms with E-state index in [2.05, 4.69) is 16.8 Å². The first-order chi connectivity index (χ1) is 11.2. The Morgan fingerprint density at radius 3 is 2.22 bits per heavy atom. The molecule has 0 saturated carbocycles. The molecule has 0 unspecified atom stereocenters. The number of ether oxygens (including phenoxy) is 3. The van der Waals surface area contributed by atoms with Crippen LogP contribution in [0.2, 0.25) is 0 Å². The fourth-order valence-corrected chi connectivity index (χ4v) is 3.14. The molecule has 0 aromatic heterocycles. The molecule has 1 aliphatic rings. The van der Waals surface area contributed by atoms with Gasteiger partial charge in [-0.15, -0.1) is 6.58 Å². The van der Waals surface area contributed by atoms with Gasteiger partial charge < -0.3 is 19.5 Å². The van der Waals surface area contributed by atoms with Crippen LogP contribution in [0.4, 0.5) is 0 Å². The zero-order valence-corrected chi connectivity index (χ0v) is 14.4. The average Bonchev–Trinajstić information content (AvgIpc) is 2.62. The van der Waals surface area contributed by atoms with Crippen molar-refractivity contribution in [3.63, 3.8) is 0 Å². The van der Waals surface area contributed by atoms with Crippen molar-refractivity contribution in [3.8, 4) is 17.2 Å². The third-order valence-corrected chi connectivity index (χ3v) is 4.32. The molecular weight excluding hydrogens is 292 g/mol. The Morgan fingerprint density at radius 2 is 1.74 bits per heavy atom. The van der Waals surface area contributed by atoms with Crippen molar-refractivity contribution >= 4 is 0 Å². The van der Waals surface area contributed by atoms with E-state index in [0.29, 0.717) is 0 Å². The molecule has 1 heterocycles. The van der Waals surface area contributed by atoms with Crippen LogP contribution in [0.5, 0.6) is 17.2 Å². The molecule has 0 aliphatic carbocycles. The number of piperazine rings is 1. The largest absolute Gasteiger partial charge is 0.496 e. The molecule has 1 aromatic carbocycles. The van der Waals surface area contributed by atoms with Crippen molar-refractivity contribution in [3.05, 3.63) is 30.4 Å². The van der Waals surface area contributed by atoms with Gasteiger partial charge in [-0.05, 0) is 12.8 Å². The first kappa shape index (κ1) is 17.6. The number of rotatable bonds is 8. The van der Waals surface area contributed by atoms with E-state index >= 15 is 0 Å². The Morgan fingerprint density at radius 1 is 1.13 bits per heavy atom. The summed E-state index contributed by atoms with van der Waals surface area (Å²) in [7, 11) is 5.04. The smallest absolute Gasteiger partial charge is 0.131 e. The van der Waals surface area contributed by atoms with Crippen LogP contribution in [0.1, 0.15) is 24.4 Å². The van der Waals surface area contributed by atoms with Crippen molar-refractivity contribution < 1.29 is 14.2 Å². The van der Waals surface area contributed by atoms with E-state index in [4.69, 9.17) is 14.2 Å². The van der Waals surface area contributed by atoms with E-state index in [1.807, 2.05) is 18.2 Å². The fraction of sp³-hybridized carbons (Fsp3) is 0.556. The lowest BCUT2D eigenvalue weighted by Crippen LogP contribution is -2.45. The molecule has 2 rings (SSSR count). The molecule has 0 spiro atoms. The van der Waals surface area contributed by atoms with E-state index in [0.717, 1.165) is 61.8 Å². The van der Waals surface area contributed by atoms with Gasteiger partial charge in [0.2, 0.25) is 0 Å². The van der Waals surface area contributed by atoms with Crippen molar-refractivity contribution in [1.82, 2.24) is 10.2 Å². The normalized spacial score (nSPS) is 16.7. The monoisotopic (exact) mass is 320 g/mol. The molecule has 5 nitrogen and oxygen atoms in total. The molecule has 1 saturated heterocycles. The van der Waals surface area contributed by atoms with Gasteiger partial charge in [-0.2, -0.15) is 0 Å². The second-order valence-corrected chi connectivity index (χ2v) is 5.61. The third-order valence-electron chi connectivity index (χ3n) is 4.32. The van der Waals surface area contributed by atoms with Crippen LogP contribution in [0.15, 0.2) is 24.8 Å². The number of benzene rings is 1. The molecule has 1 aromatic rings. The van der Waals surface area contributed by atoms with Crippen LogP contribution in [0, 0.1) is 0 Å². The van der Waals surface area contributed by atoms with Gasteiger partial charge in [-0.25, -0.2) is 0 Å². The minimum atomic E-state index is 0.242. The summed E-state index contributed by atoms with van der Waals surface area (Å²) in [5, 5.41) is 3.41. The predicted octanol–water partition coefficient (Wildman–Crippen LogP) is 2.62. The maximum Gasteiger partial charge on any atom is 0.131 e. The van der Waals surface area contributed by atoms with Gasteiger partial charge in [0, 0.05) is 44.4 Å². The summed E-state index contributed by atoms with van der Waals surface area (Å²) < 4.78 is 16.7. The zero-order valence-electron chi connectivity index (χ0n) is 14.4. The van der Waals surface area contributed by atoms with E-state index in [-0.39, 0.29) is 6.04 Å². The molecular formula is C18H28N2O3. The lowest BCUT2D eigenvalue weighted by atomic mass is 9.97. The summed E-state index contributed by atoms with van der Waals surface area (Å²) in [5.41, 5.74) is 1.10. The molecule has 1 fully saturated rings. The zero-order chi connectivity index (χ0) is 16.7. The molecule has 23 heavy (non-hydrogen) atoms. The van der Waals surface area contributed by atoms with Gasteiger partial charge in [0.05, 0.1) is 26.9 Å². The Hall–Kier alpha value is -1.72. The van der Waals surface area contributed by atoms with Crippen molar-refractivity contribution in [2.24, 2.45) is 0 Å². The highest BCUT2D eigenvalue weighted by molar-refractivity contribution is 5.52. The molecule has 1 N–H and O–H groups in total. The van der Waals surface area contributed by atoms with Crippen LogP contribution in [-0.2, 0) is 0 Å². The summed E-state index contributed by atoms with van der Waals surface area (Å²) in [6.45, 7) is 7.91. The first-order valence-corrected chi connectivity index (χ1v) is 8.10. The van der Waals surface area contributed by atoms with E-state index < -0.39 is 0 Å². The van der Waals surface area contributed by atoms with Gasteiger partial charge >= 0.3 is 0 Å². The number of allylic oxidation sites excluding steroid dienone is 1. The lowest BCUT2D eigenvalue weighted by molar-refractivity contribution is 0.160. The van der Waals surface area contributed by atoms with Crippen molar-refractivity contribution in [1.29, 1.82) is 0 Å². The van der Waals surface area contributed by atoms with E-state index in [1.54, 1.807) is 21.3 Å². The molecule has 1 atom stereocenters. The lowest BCUT2D eigenvalue weighted by Gasteiger charge is -2.36. The molecule has 5 heteroatoms. The summed E-state index contributed by atoms with van der Waals surface area (Å²) in [4.78, 5) is 2.49. The Labute approximate surface area is 139 Å². The average molecular weight is 320 g/mol. The topological polar surface area (TPSA) is 43.0 Å². The van der Waals surface area contributed by atoms with Crippen molar-refractivity contribution in [2.45, 2.75) is 18.9 Å². The van der Waals surface area contributed by atoms with Gasteiger partial charge in [0.15, 0.2) is 0 Å². The third kappa shape index (κ3) is 4.18. The summed E-state index contributed by atoms with van der Waals surface area (Å²) >= 11 is 0. The van der Waals surface area contributed by atoms with Gasteiger partial charge in [-0.3, -0.25) is 4.90 Å². The summed E-state index contributed by atoms with van der Waals surface area (Å²) in [6, 6.07) is 4.10. The fourth-order valence-electron chi connectivity index (χ4n) is 3.14. The molecule has 0 radical (unpaired) electrons. The second-order valence-electron chi connectivity index (χ2n) is 5.61. The van der Waals surface area contributed by atoms with Crippen LogP contribution < -0.4 is 19.5 Å². The number of hydrogen-bond acceptors (Lipinski definition) is 5. The Kier molecular flexibility index (Phi) is 6.74. The van der Waals surface area contributed by atoms with Gasteiger partial charge in [0.25, 0.3) is 0 Å². The van der Waals surface area contributed by atoms with Crippen LogP contribution >= 0.6 is 0 Å². The minimum Gasteiger partial charge on any atom is -0.496 e. The number of nitrogens with zero attached hydrogens (tertiary/aromatic N) is 1. The Balaban J connectivity index is 2.44. The molecule has 1 aliphatic heterocycles. The summed E-state index contributed by atoms with van der Waals surface area (Å²) in [5.74, 6) is 2.37. The van der Waals surface area contributed by atoms with Gasteiger partial charge in [0.1, 0.15) is 17.2 Å². The minimum absolute atomic E-state index is 0.242. The number of methoxy groups -OCH3 is 3.